The van der Waals surface area contributed by atoms with Crippen LogP contribution in [0.2, 0.25) is 0 Å². The second kappa shape index (κ2) is 13.8. The van der Waals surface area contributed by atoms with E-state index in [4.69, 9.17) is 16.2 Å². The molecule has 0 spiro atoms. The number of sulfonamides is 1. The van der Waals surface area contributed by atoms with Crippen molar-refractivity contribution in [2.75, 3.05) is 41.8 Å². The monoisotopic (exact) mass is 577 g/mol. The van der Waals surface area contributed by atoms with E-state index in [1.54, 1.807) is 0 Å². The van der Waals surface area contributed by atoms with Crippen molar-refractivity contribution in [3.05, 3.63) is 54.2 Å². The molecule has 0 bridgehead atoms. The third kappa shape index (κ3) is 7.76. The average molecular weight is 578 g/mol. The number of rotatable bonds is 10. The highest BCUT2D eigenvalue weighted by molar-refractivity contribution is 7.92. The molecule has 214 valence electrons. The van der Waals surface area contributed by atoms with Gasteiger partial charge in [-0.25, -0.2) is 37.1 Å². The van der Waals surface area contributed by atoms with Gasteiger partial charge >= 0.3 is 0 Å². The minimum atomic E-state index is -3.93. The molecule has 0 saturated heterocycles. The number of nitrogens with zero attached hydrogens (tertiary/aromatic N) is 4. The van der Waals surface area contributed by atoms with Crippen LogP contribution < -0.4 is 16.2 Å². The summed E-state index contributed by atoms with van der Waals surface area (Å²) in [5, 5.41) is 0. The number of aromatic nitrogens is 4. The summed E-state index contributed by atoms with van der Waals surface area (Å²) in [6.07, 6.45) is 2.11. The van der Waals surface area contributed by atoms with Crippen molar-refractivity contribution in [3.8, 4) is 22.6 Å². The molecule has 0 aliphatic heterocycles. The number of alkyl halides is 1. The molecular formula is C26H30F3N7O3S. The first-order valence-electron chi connectivity index (χ1n) is 12.4. The Labute approximate surface area is 230 Å². The number of hydrogen-bond donors (Lipinski definition) is 3. The second-order valence-corrected chi connectivity index (χ2v) is 10.3. The number of hydrogen-bond acceptors (Lipinski definition) is 9. The summed E-state index contributed by atoms with van der Waals surface area (Å²) in [5.74, 6) is -2.15. The van der Waals surface area contributed by atoms with Crippen molar-refractivity contribution in [1.29, 1.82) is 0 Å². The van der Waals surface area contributed by atoms with Gasteiger partial charge < -0.3 is 16.2 Å². The van der Waals surface area contributed by atoms with Crippen molar-refractivity contribution in [2.24, 2.45) is 0 Å². The lowest BCUT2D eigenvalue weighted by Gasteiger charge is -2.12. The quantitative estimate of drug-likeness (QED) is 0.226. The summed E-state index contributed by atoms with van der Waals surface area (Å²) in [6, 6.07) is 8.07. The molecule has 0 fully saturated rings. The molecule has 5 N–H and O–H groups in total. The first-order chi connectivity index (χ1) is 19.1. The van der Waals surface area contributed by atoms with Crippen molar-refractivity contribution in [2.45, 2.75) is 26.7 Å². The van der Waals surface area contributed by atoms with E-state index in [0.29, 0.717) is 0 Å². The molecule has 14 heteroatoms. The van der Waals surface area contributed by atoms with Gasteiger partial charge in [0.25, 0.3) is 0 Å². The second-order valence-electron chi connectivity index (χ2n) is 8.41. The Hall–Kier alpha value is -4.04. The van der Waals surface area contributed by atoms with Gasteiger partial charge in [-0.3, -0.25) is 9.11 Å². The van der Waals surface area contributed by atoms with E-state index in [-0.39, 0.29) is 57.4 Å². The Morgan fingerprint density at radius 3 is 2.45 bits per heavy atom. The number of nitrogen functional groups attached to an aromatic ring is 2. The Balaban J connectivity index is 0.000000663. The highest BCUT2D eigenvalue weighted by atomic mass is 32.2. The van der Waals surface area contributed by atoms with Crippen molar-refractivity contribution in [3.63, 3.8) is 0 Å². The zero-order chi connectivity index (χ0) is 29.3. The third-order valence-corrected chi connectivity index (χ3v) is 6.68. The summed E-state index contributed by atoms with van der Waals surface area (Å²) >= 11 is 0. The molecule has 0 unspecified atom stereocenters. The van der Waals surface area contributed by atoms with Gasteiger partial charge in [-0.1, -0.05) is 13.0 Å². The minimum Gasteiger partial charge on any atom is -0.384 e. The molecule has 0 aliphatic rings. The van der Waals surface area contributed by atoms with Crippen LogP contribution in [0.25, 0.3) is 33.7 Å². The Kier molecular flexibility index (Phi) is 10.6. The van der Waals surface area contributed by atoms with Gasteiger partial charge in [-0.2, -0.15) is 0 Å². The Morgan fingerprint density at radius 1 is 1.02 bits per heavy atom. The molecule has 0 radical (unpaired) electrons. The smallest absolute Gasteiger partial charge is 0.232 e. The maximum Gasteiger partial charge on any atom is 0.232 e. The summed E-state index contributed by atoms with van der Waals surface area (Å²) in [4.78, 5) is 16.5. The predicted molar refractivity (Wildman–Crippen MR) is 150 cm³/mol. The molecular weight excluding hydrogens is 547 g/mol. The SMILES string of the molecule is CCCOCC.Nc1cc(F)c(-c2nc(N)c3nc(-c4cccc(NS(=O)(=O)CCCF)c4F)ccc3n2)cn1. The summed E-state index contributed by atoms with van der Waals surface area (Å²) < 4.78 is 72.9. The largest absolute Gasteiger partial charge is 0.384 e. The number of fused-ring (bicyclic) bond motifs is 1. The van der Waals surface area contributed by atoms with Crippen LogP contribution in [0.15, 0.2) is 42.6 Å². The van der Waals surface area contributed by atoms with Crippen molar-refractivity contribution in [1.82, 2.24) is 19.9 Å². The van der Waals surface area contributed by atoms with Gasteiger partial charge in [-0.15, -0.1) is 0 Å². The highest BCUT2D eigenvalue weighted by Gasteiger charge is 2.18. The number of nitrogens with one attached hydrogen (secondary N) is 1. The van der Waals surface area contributed by atoms with E-state index in [9.17, 15) is 17.2 Å². The fraction of sp³-hybridized carbons (Fsp3) is 0.308. The number of halogens is 3. The fourth-order valence-electron chi connectivity index (χ4n) is 3.48. The summed E-state index contributed by atoms with van der Waals surface area (Å²) in [6.45, 7) is 5.08. The number of pyridine rings is 2. The van der Waals surface area contributed by atoms with Crippen LogP contribution in [0.5, 0.6) is 0 Å². The number of ether oxygens (including phenoxy) is 1. The third-order valence-electron chi connectivity index (χ3n) is 5.32. The zero-order valence-corrected chi connectivity index (χ0v) is 22.8. The highest BCUT2D eigenvalue weighted by Crippen LogP contribution is 2.30. The zero-order valence-electron chi connectivity index (χ0n) is 22.0. The molecule has 0 saturated carbocycles. The molecule has 3 heterocycles. The number of nitrogens with two attached hydrogens (primary N) is 2. The summed E-state index contributed by atoms with van der Waals surface area (Å²) in [5.41, 5.74) is 11.7. The molecule has 40 heavy (non-hydrogen) atoms. The van der Waals surface area contributed by atoms with Crippen LogP contribution in [0, 0.1) is 11.6 Å². The molecule has 0 amide bonds. The standard InChI is InChI=1S/C21H18F3N7O2S.C5H12O/c22-7-2-8-34(32,33)31-15-4-1-3-11(18(15)24)14-5-6-16-19(28-14)20(26)30-21(29-16)12-10-27-17(25)9-13(12)23;1-3-5-6-4-2/h1,3-6,9-10,31H,2,7-8H2,(H2,25,27)(H2,26,29,30);3-5H2,1-2H3. The van der Waals surface area contributed by atoms with Gasteiger partial charge in [-0.05, 0) is 44.0 Å². The first-order valence-corrected chi connectivity index (χ1v) is 14.0. The lowest BCUT2D eigenvalue weighted by atomic mass is 10.1. The van der Waals surface area contributed by atoms with E-state index in [1.807, 2.05) is 6.92 Å². The van der Waals surface area contributed by atoms with Gasteiger partial charge in [0.05, 0.1) is 34.9 Å². The van der Waals surface area contributed by atoms with Gasteiger partial charge in [0.15, 0.2) is 17.5 Å². The fourth-order valence-corrected chi connectivity index (χ4v) is 4.56. The van der Waals surface area contributed by atoms with Crippen LogP contribution in [-0.4, -0.2) is 54.0 Å². The Bertz CT molecular complexity index is 1570. The molecule has 1 aromatic carbocycles. The predicted octanol–water partition coefficient (Wildman–Crippen LogP) is 4.73. The van der Waals surface area contributed by atoms with Gasteiger partial charge in [0.2, 0.25) is 10.0 Å². The van der Waals surface area contributed by atoms with E-state index in [2.05, 4.69) is 31.6 Å². The topological polar surface area (TPSA) is 159 Å². The van der Waals surface area contributed by atoms with E-state index < -0.39 is 34.1 Å². The van der Waals surface area contributed by atoms with Crippen LogP contribution in [-0.2, 0) is 14.8 Å². The van der Waals surface area contributed by atoms with Crippen molar-refractivity contribution < 1.29 is 26.3 Å². The molecule has 0 aliphatic carbocycles. The molecule has 0 atom stereocenters. The maximum absolute atomic E-state index is 15.1. The van der Waals surface area contributed by atoms with Crippen LogP contribution in [0.3, 0.4) is 0 Å². The lowest BCUT2D eigenvalue weighted by molar-refractivity contribution is 0.148. The average Bonchev–Trinajstić information content (AvgIpc) is 2.92. The first kappa shape index (κ1) is 30.5. The summed E-state index contributed by atoms with van der Waals surface area (Å²) in [7, 11) is -3.93. The minimum absolute atomic E-state index is 0.00437. The van der Waals surface area contributed by atoms with Crippen molar-refractivity contribution >= 4 is 38.4 Å². The van der Waals surface area contributed by atoms with Crippen LogP contribution >= 0.6 is 0 Å². The normalized spacial score (nSPS) is 11.2. The van der Waals surface area contributed by atoms with Crippen LogP contribution in [0.4, 0.5) is 30.5 Å². The maximum atomic E-state index is 15.1. The van der Waals surface area contributed by atoms with Gasteiger partial charge in [0, 0.05) is 31.0 Å². The van der Waals surface area contributed by atoms with Crippen LogP contribution in [0.1, 0.15) is 26.7 Å². The van der Waals surface area contributed by atoms with Gasteiger partial charge in [0.1, 0.15) is 17.2 Å². The molecule has 4 aromatic rings. The Morgan fingerprint density at radius 2 is 1.80 bits per heavy atom. The molecule has 10 nitrogen and oxygen atoms in total. The number of benzene rings is 1. The van der Waals surface area contributed by atoms with E-state index in [0.717, 1.165) is 25.7 Å². The molecule has 4 rings (SSSR count). The lowest BCUT2D eigenvalue weighted by Crippen LogP contribution is -2.18. The van der Waals surface area contributed by atoms with E-state index >= 15 is 4.39 Å². The van der Waals surface area contributed by atoms with E-state index in [1.165, 1.54) is 36.5 Å². The number of anilines is 3. The molecule has 3 aromatic heterocycles.